The largest absolute Gasteiger partial charge is 0.274 e. The van der Waals surface area contributed by atoms with Gasteiger partial charge in [0.05, 0.1) is 17.5 Å². The smallest absolute Gasteiger partial charge is 0.240 e. The third-order valence-corrected chi connectivity index (χ3v) is 9.06. The van der Waals surface area contributed by atoms with E-state index < -0.39 is 21.6 Å². The van der Waals surface area contributed by atoms with E-state index in [0.717, 1.165) is 33.4 Å². The second-order valence-electron chi connectivity index (χ2n) is 9.11. The number of rotatable bonds is 3. The van der Waals surface area contributed by atoms with Crippen LogP contribution in [0.5, 0.6) is 0 Å². The lowest BCUT2D eigenvalue weighted by molar-refractivity contribution is -0.122. The van der Waals surface area contributed by atoms with Crippen molar-refractivity contribution < 1.29 is 9.59 Å². The molecule has 0 spiro atoms. The fourth-order valence-electron chi connectivity index (χ4n) is 6.39. The molecule has 0 saturated carbocycles. The van der Waals surface area contributed by atoms with E-state index in [1.54, 1.807) is 0 Å². The minimum absolute atomic E-state index is 0.260. The van der Waals surface area contributed by atoms with Crippen LogP contribution < -0.4 is 4.90 Å². The average Bonchev–Trinajstić information content (AvgIpc) is 3.12. The number of benzene rings is 3. The number of halogens is 2. The van der Waals surface area contributed by atoms with Gasteiger partial charge in [0.25, 0.3) is 0 Å². The van der Waals surface area contributed by atoms with E-state index in [0.29, 0.717) is 18.5 Å². The molecule has 4 aliphatic rings. The molecule has 0 aromatic heterocycles. The first-order valence-electron chi connectivity index (χ1n) is 11.5. The topological polar surface area (TPSA) is 37.4 Å². The summed E-state index contributed by atoms with van der Waals surface area (Å²) in [7, 11) is 0. The summed E-state index contributed by atoms with van der Waals surface area (Å²) in [6.45, 7) is 4.08. The Morgan fingerprint density at radius 3 is 1.36 bits per heavy atom. The molecule has 33 heavy (non-hydrogen) atoms. The third kappa shape index (κ3) is 2.32. The average molecular weight is 476 g/mol. The molecule has 0 radical (unpaired) electrons. The van der Waals surface area contributed by atoms with Crippen LogP contribution in [0.2, 0.25) is 0 Å². The van der Waals surface area contributed by atoms with Crippen LogP contribution in [0.1, 0.15) is 47.2 Å². The summed E-state index contributed by atoms with van der Waals surface area (Å²) in [5.41, 5.74) is 5.95. The standard InChI is InChI=1S/C28H23Cl2NO2/c1-3-16-10-9-11-17(4-2)24(16)31-25(32)22-23(26(31)33)28(30)19-13-6-5-12-18(19)27(22,29)20-14-7-8-15-21(20)28/h5-15,22-23H,3-4H2,1-2H3/t22-,23-,27?,28?/m1/s1. The normalized spacial score (nSPS) is 29.2. The molecule has 3 aliphatic carbocycles. The Balaban J connectivity index is 1.66. The summed E-state index contributed by atoms with van der Waals surface area (Å²) >= 11 is 15.0. The van der Waals surface area contributed by atoms with Gasteiger partial charge in [-0.2, -0.15) is 0 Å². The van der Waals surface area contributed by atoms with Crippen molar-refractivity contribution in [1.29, 1.82) is 0 Å². The van der Waals surface area contributed by atoms with Gasteiger partial charge in [-0.25, -0.2) is 4.90 Å². The molecule has 1 aliphatic heterocycles. The van der Waals surface area contributed by atoms with Gasteiger partial charge in [-0.3, -0.25) is 9.59 Å². The fraction of sp³-hybridized carbons (Fsp3) is 0.286. The second-order valence-corrected chi connectivity index (χ2v) is 10.3. The predicted molar refractivity (Wildman–Crippen MR) is 131 cm³/mol. The molecule has 5 heteroatoms. The first kappa shape index (κ1) is 20.9. The van der Waals surface area contributed by atoms with Gasteiger partial charge < -0.3 is 0 Å². The van der Waals surface area contributed by atoms with Gasteiger partial charge in [-0.15, -0.1) is 23.2 Å². The number of nitrogens with zero attached hydrogens (tertiary/aromatic N) is 1. The third-order valence-electron chi connectivity index (χ3n) is 7.77. The maximum atomic E-state index is 14.2. The first-order chi connectivity index (χ1) is 15.9. The number of alkyl halides is 2. The molecule has 166 valence electrons. The van der Waals surface area contributed by atoms with Gasteiger partial charge in [-0.1, -0.05) is 80.6 Å². The number of hydrogen-bond acceptors (Lipinski definition) is 2. The van der Waals surface area contributed by atoms with Crippen molar-refractivity contribution in [2.45, 2.75) is 36.4 Å². The Hall–Kier alpha value is -2.62. The minimum atomic E-state index is -1.15. The zero-order chi connectivity index (χ0) is 23.1. The monoisotopic (exact) mass is 475 g/mol. The van der Waals surface area contributed by atoms with Crippen molar-refractivity contribution in [2.75, 3.05) is 4.90 Å². The summed E-state index contributed by atoms with van der Waals surface area (Å²) in [6.07, 6.45) is 1.43. The Bertz CT molecular complexity index is 1200. The lowest BCUT2D eigenvalue weighted by Gasteiger charge is -2.54. The van der Waals surface area contributed by atoms with Gasteiger partial charge in [0, 0.05) is 0 Å². The van der Waals surface area contributed by atoms with E-state index in [-0.39, 0.29) is 11.8 Å². The molecule has 1 fully saturated rings. The maximum Gasteiger partial charge on any atom is 0.240 e. The number of para-hydroxylation sites is 1. The Morgan fingerprint density at radius 1 is 0.667 bits per heavy atom. The molecule has 3 aromatic carbocycles. The lowest BCUT2D eigenvalue weighted by atomic mass is 9.54. The lowest BCUT2D eigenvalue weighted by Crippen LogP contribution is -2.57. The highest BCUT2D eigenvalue weighted by Gasteiger charge is 2.73. The van der Waals surface area contributed by atoms with Crippen LogP contribution in [0, 0.1) is 11.8 Å². The molecule has 0 unspecified atom stereocenters. The summed E-state index contributed by atoms with van der Waals surface area (Å²) in [4.78, 5) is 27.5. The predicted octanol–water partition coefficient (Wildman–Crippen LogP) is 5.91. The number of anilines is 1. The van der Waals surface area contributed by atoms with Gasteiger partial charge in [0.2, 0.25) is 11.8 Å². The molecule has 0 N–H and O–H groups in total. The molecule has 1 heterocycles. The SMILES string of the molecule is CCc1cccc(CC)c1N1C(=O)[C@H]2[C@H](C1=O)C1(Cl)c3ccccc3C2(Cl)c2ccccc21. The van der Waals surface area contributed by atoms with Crippen molar-refractivity contribution in [1.82, 2.24) is 0 Å². The maximum absolute atomic E-state index is 14.2. The molecule has 2 bridgehead atoms. The van der Waals surface area contributed by atoms with Gasteiger partial charge in [0.15, 0.2) is 0 Å². The number of hydrogen-bond donors (Lipinski definition) is 0. The van der Waals surface area contributed by atoms with Crippen molar-refractivity contribution in [3.05, 3.63) is 100 Å². The number of imide groups is 1. The molecule has 1 saturated heterocycles. The molecule has 2 amide bonds. The molecule has 3 aromatic rings. The fourth-order valence-corrected chi connectivity index (χ4v) is 7.49. The van der Waals surface area contributed by atoms with E-state index in [4.69, 9.17) is 23.2 Å². The van der Waals surface area contributed by atoms with Crippen molar-refractivity contribution in [3.8, 4) is 0 Å². The van der Waals surface area contributed by atoms with E-state index in [9.17, 15) is 9.59 Å². The Labute approximate surface area is 203 Å². The summed E-state index contributed by atoms with van der Waals surface area (Å²) in [6, 6.07) is 21.4. The number of aryl methyl sites for hydroxylation is 2. The van der Waals surface area contributed by atoms with Crippen LogP contribution in [0.15, 0.2) is 66.7 Å². The summed E-state index contributed by atoms with van der Waals surface area (Å²) in [5, 5.41) is 0. The molecule has 7 rings (SSSR count). The van der Waals surface area contributed by atoms with Crippen LogP contribution >= 0.6 is 23.2 Å². The molecular weight excluding hydrogens is 453 g/mol. The highest BCUT2D eigenvalue weighted by Crippen LogP contribution is 2.69. The van der Waals surface area contributed by atoms with Crippen LogP contribution in [0.4, 0.5) is 5.69 Å². The first-order valence-corrected chi connectivity index (χ1v) is 12.2. The number of carbonyl (C=O) groups excluding carboxylic acids is 2. The van der Waals surface area contributed by atoms with Crippen LogP contribution in [0.25, 0.3) is 0 Å². The zero-order valence-electron chi connectivity index (χ0n) is 18.4. The van der Waals surface area contributed by atoms with E-state index in [2.05, 4.69) is 0 Å². The molecule has 3 nitrogen and oxygen atoms in total. The van der Waals surface area contributed by atoms with Crippen LogP contribution in [-0.2, 0) is 32.2 Å². The van der Waals surface area contributed by atoms with Crippen LogP contribution in [-0.4, -0.2) is 11.8 Å². The van der Waals surface area contributed by atoms with Crippen molar-refractivity contribution in [2.24, 2.45) is 11.8 Å². The van der Waals surface area contributed by atoms with Gasteiger partial charge >= 0.3 is 0 Å². The Morgan fingerprint density at radius 2 is 1.03 bits per heavy atom. The van der Waals surface area contributed by atoms with Gasteiger partial charge in [-0.05, 0) is 46.2 Å². The number of amides is 2. The quantitative estimate of drug-likeness (QED) is 0.348. The van der Waals surface area contributed by atoms with E-state index in [1.165, 1.54) is 4.90 Å². The zero-order valence-corrected chi connectivity index (χ0v) is 20.0. The van der Waals surface area contributed by atoms with Crippen molar-refractivity contribution in [3.63, 3.8) is 0 Å². The van der Waals surface area contributed by atoms with Gasteiger partial charge in [0.1, 0.15) is 9.75 Å². The van der Waals surface area contributed by atoms with Crippen molar-refractivity contribution >= 4 is 40.7 Å². The van der Waals surface area contributed by atoms with Crippen LogP contribution in [0.3, 0.4) is 0 Å². The molecule has 2 atom stereocenters. The second kappa shape index (κ2) is 6.94. The summed E-state index contributed by atoms with van der Waals surface area (Å²) in [5.74, 6) is -2.07. The Kier molecular flexibility index (Phi) is 4.41. The van der Waals surface area contributed by atoms with E-state index in [1.807, 2.05) is 80.6 Å². The highest BCUT2D eigenvalue weighted by molar-refractivity contribution is 6.38. The highest BCUT2D eigenvalue weighted by atomic mass is 35.5. The minimum Gasteiger partial charge on any atom is -0.274 e. The molecular formula is C28H23Cl2NO2. The summed E-state index contributed by atoms with van der Waals surface area (Å²) < 4.78 is 0. The number of carbonyl (C=O) groups is 2. The van der Waals surface area contributed by atoms with E-state index >= 15 is 0 Å².